The fourth-order valence-corrected chi connectivity index (χ4v) is 3.91. The molecule has 1 aliphatic carbocycles. The highest BCUT2D eigenvalue weighted by atomic mass is 16.5. The molecule has 0 spiro atoms. The van der Waals surface area contributed by atoms with Crippen molar-refractivity contribution in [3.05, 3.63) is 29.8 Å². The number of aliphatic hydroxyl groups excluding tert-OH is 1. The molecule has 1 aliphatic heterocycles. The smallest absolute Gasteiger partial charge is 0.230 e. The summed E-state index contributed by atoms with van der Waals surface area (Å²) in [6, 6.07) is 7.95. The van der Waals surface area contributed by atoms with Crippen molar-refractivity contribution in [1.82, 2.24) is 4.90 Å². The number of ether oxygens (including phenoxy) is 1. The Hall–Kier alpha value is -1.43. The maximum absolute atomic E-state index is 12.5. The molecule has 1 saturated heterocycles. The van der Waals surface area contributed by atoms with E-state index in [1.165, 1.54) is 0 Å². The summed E-state index contributed by atoms with van der Waals surface area (Å²) in [6.07, 6.45) is 2.37. The molecule has 1 heterocycles. The van der Waals surface area contributed by atoms with Gasteiger partial charge in [-0.15, -0.1) is 0 Å². The van der Waals surface area contributed by atoms with Crippen LogP contribution in [0, 0.1) is 5.92 Å². The number of nitrogens with zero attached hydrogens (tertiary/aromatic N) is 1. The number of aliphatic hydroxyl groups is 1. The number of hydrogen-bond donors (Lipinski definition) is 2. The van der Waals surface area contributed by atoms with Crippen LogP contribution >= 0.6 is 0 Å². The zero-order valence-electron chi connectivity index (χ0n) is 14.6. The number of carbonyl (C=O) groups is 1. The second kappa shape index (κ2) is 7.64. The topological polar surface area (TPSA) is 61.8 Å². The van der Waals surface area contributed by atoms with E-state index in [4.69, 9.17) is 4.74 Å². The maximum Gasteiger partial charge on any atom is 0.230 e. The van der Waals surface area contributed by atoms with Crippen molar-refractivity contribution in [2.45, 2.75) is 58.0 Å². The van der Waals surface area contributed by atoms with E-state index in [1.807, 2.05) is 18.2 Å². The minimum Gasteiger partial charge on any atom is -0.392 e. The zero-order valence-corrected chi connectivity index (χ0v) is 14.6. The number of nitrogens with one attached hydrogen (secondary N) is 1. The molecule has 1 aromatic carbocycles. The summed E-state index contributed by atoms with van der Waals surface area (Å²) in [7, 11) is 0. The highest BCUT2D eigenvalue weighted by Crippen LogP contribution is 2.28. The van der Waals surface area contributed by atoms with Crippen LogP contribution in [0.4, 0.5) is 5.69 Å². The van der Waals surface area contributed by atoms with Crippen molar-refractivity contribution >= 4 is 11.6 Å². The molecule has 2 fully saturated rings. The predicted molar refractivity (Wildman–Crippen MR) is 93.7 cm³/mol. The summed E-state index contributed by atoms with van der Waals surface area (Å²) in [5.41, 5.74) is 1.97. The van der Waals surface area contributed by atoms with E-state index in [1.54, 1.807) is 0 Å². The minimum atomic E-state index is -0.502. The lowest BCUT2D eigenvalue weighted by atomic mass is 10.0. The molecule has 2 N–H and O–H groups in total. The Kier molecular flexibility index (Phi) is 5.54. The van der Waals surface area contributed by atoms with E-state index in [2.05, 4.69) is 30.1 Å². The monoisotopic (exact) mass is 332 g/mol. The van der Waals surface area contributed by atoms with Crippen molar-refractivity contribution in [2.24, 2.45) is 5.92 Å². The number of amides is 1. The Morgan fingerprint density at radius 1 is 1.25 bits per heavy atom. The second-order valence-electron chi connectivity index (χ2n) is 7.20. The van der Waals surface area contributed by atoms with Crippen LogP contribution in [0.3, 0.4) is 0 Å². The first-order valence-electron chi connectivity index (χ1n) is 8.97. The molecule has 0 radical (unpaired) electrons. The van der Waals surface area contributed by atoms with E-state index in [-0.39, 0.29) is 24.0 Å². The second-order valence-corrected chi connectivity index (χ2v) is 7.20. The van der Waals surface area contributed by atoms with E-state index in [0.717, 1.165) is 50.1 Å². The Morgan fingerprint density at radius 2 is 1.96 bits per heavy atom. The quantitative estimate of drug-likeness (QED) is 0.889. The lowest BCUT2D eigenvalue weighted by molar-refractivity contribution is -0.122. The van der Waals surface area contributed by atoms with Gasteiger partial charge >= 0.3 is 0 Å². The minimum absolute atomic E-state index is 0.0591. The molecule has 2 aliphatic rings. The maximum atomic E-state index is 12.5. The van der Waals surface area contributed by atoms with Gasteiger partial charge in [-0.1, -0.05) is 18.2 Å². The first-order valence-corrected chi connectivity index (χ1v) is 8.97. The molecular formula is C19H28N2O3. The fraction of sp³-hybridized carbons (Fsp3) is 0.632. The van der Waals surface area contributed by atoms with Crippen molar-refractivity contribution in [1.29, 1.82) is 0 Å². The molecule has 1 aromatic rings. The number of benzene rings is 1. The van der Waals surface area contributed by atoms with Crippen LogP contribution in [0.2, 0.25) is 0 Å². The SMILES string of the molecule is CC1CN(Cc2ccccc2NC(=O)C2CCCC2O)CC(C)O1. The molecule has 3 rings (SSSR count). The number of carbonyl (C=O) groups excluding carboxylic acids is 1. The molecule has 0 bridgehead atoms. The van der Waals surface area contributed by atoms with Gasteiger partial charge in [0.15, 0.2) is 0 Å². The third-order valence-corrected chi connectivity index (χ3v) is 4.98. The third kappa shape index (κ3) is 4.15. The summed E-state index contributed by atoms with van der Waals surface area (Å²) in [5.74, 6) is -0.336. The Balaban J connectivity index is 1.67. The Labute approximate surface area is 144 Å². The number of para-hydroxylation sites is 1. The Bertz CT molecular complexity index is 567. The van der Waals surface area contributed by atoms with Gasteiger partial charge in [-0.25, -0.2) is 0 Å². The van der Waals surface area contributed by atoms with Gasteiger partial charge in [0.2, 0.25) is 5.91 Å². The molecule has 0 aromatic heterocycles. The largest absolute Gasteiger partial charge is 0.392 e. The molecule has 5 heteroatoms. The van der Waals surface area contributed by atoms with Crippen LogP contribution in [-0.2, 0) is 16.1 Å². The molecule has 5 nitrogen and oxygen atoms in total. The lowest BCUT2D eigenvalue weighted by Crippen LogP contribution is -2.44. The molecule has 132 valence electrons. The summed E-state index contributed by atoms with van der Waals surface area (Å²) >= 11 is 0. The summed E-state index contributed by atoms with van der Waals surface area (Å²) in [5, 5.41) is 13.0. The van der Waals surface area contributed by atoms with Crippen molar-refractivity contribution in [3.63, 3.8) is 0 Å². The molecule has 4 atom stereocenters. The van der Waals surface area contributed by atoms with Crippen LogP contribution in [0.1, 0.15) is 38.7 Å². The van der Waals surface area contributed by atoms with Crippen LogP contribution < -0.4 is 5.32 Å². The van der Waals surface area contributed by atoms with Gasteiger partial charge < -0.3 is 15.2 Å². The van der Waals surface area contributed by atoms with Gasteiger partial charge in [-0.05, 0) is 44.7 Å². The van der Waals surface area contributed by atoms with Crippen molar-refractivity contribution in [2.75, 3.05) is 18.4 Å². The lowest BCUT2D eigenvalue weighted by Gasteiger charge is -2.35. The van der Waals surface area contributed by atoms with Crippen molar-refractivity contribution in [3.8, 4) is 0 Å². The number of rotatable bonds is 4. The van der Waals surface area contributed by atoms with Crippen LogP contribution in [0.25, 0.3) is 0 Å². The third-order valence-electron chi connectivity index (χ3n) is 4.98. The first kappa shape index (κ1) is 17.4. The summed E-state index contributed by atoms with van der Waals surface area (Å²) < 4.78 is 5.79. The summed E-state index contributed by atoms with van der Waals surface area (Å²) in [4.78, 5) is 14.8. The number of morpholine rings is 1. The van der Waals surface area contributed by atoms with Gasteiger partial charge in [0.1, 0.15) is 0 Å². The average molecular weight is 332 g/mol. The molecule has 24 heavy (non-hydrogen) atoms. The predicted octanol–water partition coefficient (Wildman–Crippen LogP) is 2.40. The van der Waals surface area contributed by atoms with E-state index in [9.17, 15) is 9.90 Å². The van der Waals surface area contributed by atoms with Crippen LogP contribution in [-0.4, -0.2) is 47.3 Å². The first-order chi connectivity index (χ1) is 11.5. The van der Waals surface area contributed by atoms with E-state index >= 15 is 0 Å². The van der Waals surface area contributed by atoms with Gasteiger partial charge in [-0.3, -0.25) is 9.69 Å². The zero-order chi connectivity index (χ0) is 17.1. The highest BCUT2D eigenvalue weighted by molar-refractivity contribution is 5.93. The number of hydrogen-bond acceptors (Lipinski definition) is 4. The summed E-state index contributed by atoms with van der Waals surface area (Å²) in [6.45, 7) is 6.78. The standard InChI is InChI=1S/C19H28N2O3/c1-13-10-21(11-14(2)24-13)12-15-6-3-4-8-17(15)20-19(23)16-7-5-9-18(16)22/h3-4,6,8,13-14,16,18,22H,5,7,9-12H2,1-2H3,(H,20,23). The van der Waals surface area contributed by atoms with Crippen molar-refractivity contribution < 1.29 is 14.6 Å². The van der Waals surface area contributed by atoms with Crippen LogP contribution in [0.15, 0.2) is 24.3 Å². The normalized spacial score (nSPS) is 31.1. The molecular weight excluding hydrogens is 304 g/mol. The molecule has 1 amide bonds. The van der Waals surface area contributed by atoms with Gasteiger partial charge in [0.25, 0.3) is 0 Å². The van der Waals surface area contributed by atoms with Gasteiger partial charge in [-0.2, -0.15) is 0 Å². The average Bonchev–Trinajstić information content (AvgIpc) is 2.94. The van der Waals surface area contributed by atoms with Gasteiger partial charge in [0, 0.05) is 25.3 Å². The van der Waals surface area contributed by atoms with Crippen LogP contribution in [0.5, 0.6) is 0 Å². The fourth-order valence-electron chi connectivity index (χ4n) is 3.91. The number of anilines is 1. The molecule has 1 saturated carbocycles. The molecule has 4 unspecified atom stereocenters. The highest BCUT2D eigenvalue weighted by Gasteiger charge is 2.31. The Morgan fingerprint density at radius 3 is 2.62 bits per heavy atom. The van der Waals surface area contributed by atoms with Gasteiger partial charge in [0.05, 0.1) is 24.2 Å². The van der Waals surface area contributed by atoms with E-state index < -0.39 is 6.10 Å². The van der Waals surface area contributed by atoms with E-state index in [0.29, 0.717) is 0 Å².